The molecule has 0 aromatic heterocycles. The lowest BCUT2D eigenvalue weighted by Crippen LogP contribution is -2.41. The lowest BCUT2D eigenvalue weighted by Gasteiger charge is -2.31. The number of carbonyl (C=O) groups is 1. The average molecular weight is 273 g/mol. The van der Waals surface area contributed by atoms with E-state index in [-0.39, 0.29) is 17.9 Å². The zero-order chi connectivity index (χ0) is 15.1. The molecule has 1 amide bonds. The molecular weight excluding hydrogens is 250 g/mol. The fourth-order valence-electron chi connectivity index (χ4n) is 2.03. The molecule has 0 saturated carbocycles. The summed E-state index contributed by atoms with van der Waals surface area (Å²) in [4.78, 5) is 13.9. The van der Waals surface area contributed by atoms with Gasteiger partial charge in [-0.25, -0.2) is 0 Å². The van der Waals surface area contributed by atoms with Crippen molar-refractivity contribution in [1.82, 2.24) is 4.90 Å². The minimum atomic E-state index is -0.686. The summed E-state index contributed by atoms with van der Waals surface area (Å²) in [5.41, 5.74) is 0.820. The molecule has 3 heteroatoms. The van der Waals surface area contributed by atoms with E-state index in [0.717, 1.165) is 5.56 Å². The molecule has 0 aliphatic carbocycles. The number of likely N-dealkylation sites (N-methyl/N-ethyl adjacent to an activating group) is 1. The van der Waals surface area contributed by atoms with Gasteiger partial charge in [-0.1, -0.05) is 37.3 Å². The van der Waals surface area contributed by atoms with E-state index >= 15 is 0 Å². The Bertz CT molecular complexity index is 487. The molecule has 0 aliphatic heterocycles. The number of hydrogen-bond acceptors (Lipinski definition) is 2. The van der Waals surface area contributed by atoms with Gasteiger partial charge in [-0.3, -0.25) is 4.79 Å². The van der Waals surface area contributed by atoms with Gasteiger partial charge in [-0.2, -0.15) is 0 Å². The molecule has 0 aliphatic rings. The molecule has 1 aromatic carbocycles. The Morgan fingerprint density at radius 3 is 2.45 bits per heavy atom. The minimum absolute atomic E-state index is 0.00947. The predicted molar refractivity (Wildman–Crippen MR) is 80.9 cm³/mol. The van der Waals surface area contributed by atoms with Crippen LogP contribution in [0.4, 0.5) is 0 Å². The molecule has 0 radical (unpaired) electrons. The molecule has 1 N–H and O–H groups in total. The van der Waals surface area contributed by atoms with Crippen LogP contribution in [-0.2, 0) is 4.79 Å². The first-order valence-electron chi connectivity index (χ1n) is 6.88. The Balaban J connectivity index is 2.72. The molecule has 2 unspecified atom stereocenters. The highest BCUT2D eigenvalue weighted by Gasteiger charge is 2.26. The van der Waals surface area contributed by atoms with Crippen molar-refractivity contribution in [3.05, 3.63) is 35.9 Å². The van der Waals surface area contributed by atoms with E-state index in [2.05, 4.69) is 11.8 Å². The van der Waals surface area contributed by atoms with Crippen LogP contribution in [0, 0.1) is 17.8 Å². The van der Waals surface area contributed by atoms with Crippen LogP contribution < -0.4 is 0 Å². The van der Waals surface area contributed by atoms with Crippen LogP contribution in [0.2, 0.25) is 0 Å². The first-order chi connectivity index (χ1) is 9.49. The first-order valence-corrected chi connectivity index (χ1v) is 6.88. The Morgan fingerprint density at radius 2 is 1.90 bits per heavy atom. The lowest BCUT2D eigenvalue weighted by atomic mass is 10.0. The molecule has 20 heavy (non-hydrogen) atoms. The molecule has 1 aromatic rings. The predicted octanol–water partition coefficient (Wildman–Crippen LogP) is 2.62. The monoisotopic (exact) mass is 273 g/mol. The molecule has 108 valence electrons. The van der Waals surface area contributed by atoms with E-state index in [1.165, 1.54) is 0 Å². The largest absolute Gasteiger partial charge is 0.386 e. The summed E-state index contributed by atoms with van der Waals surface area (Å²) in [5, 5.41) is 10.3. The number of hydrogen-bond donors (Lipinski definition) is 1. The maximum Gasteiger partial charge on any atom is 0.226 e. The fourth-order valence-corrected chi connectivity index (χ4v) is 2.03. The summed E-state index contributed by atoms with van der Waals surface area (Å²) in [6.45, 7) is 5.49. The van der Waals surface area contributed by atoms with Gasteiger partial charge in [0.25, 0.3) is 0 Å². The van der Waals surface area contributed by atoms with Crippen molar-refractivity contribution in [2.45, 2.75) is 39.3 Å². The second kappa shape index (κ2) is 7.72. The van der Waals surface area contributed by atoms with Gasteiger partial charge in [0, 0.05) is 19.4 Å². The standard InChI is InChI=1S/C17H23NO2/c1-5-6-10-13(2)17(20)18(4)14(3)16(19)15-11-8-7-9-12-15/h7-9,11-14,16,19H,10H2,1-4H3/t13?,14-,16?/m1/s1. The van der Waals surface area contributed by atoms with Gasteiger partial charge < -0.3 is 10.0 Å². The smallest absolute Gasteiger partial charge is 0.226 e. The molecule has 3 atom stereocenters. The number of aliphatic hydroxyl groups is 1. The Kier molecular flexibility index (Phi) is 6.27. The van der Waals surface area contributed by atoms with Gasteiger partial charge in [0.15, 0.2) is 0 Å². The van der Waals surface area contributed by atoms with Crippen LogP contribution in [0.3, 0.4) is 0 Å². The average Bonchev–Trinajstić information content (AvgIpc) is 2.50. The number of carbonyl (C=O) groups excluding carboxylic acids is 1. The van der Waals surface area contributed by atoms with Gasteiger partial charge in [0.1, 0.15) is 0 Å². The minimum Gasteiger partial charge on any atom is -0.386 e. The first kappa shape index (κ1) is 16.3. The molecule has 0 saturated heterocycles. The SMILES string of the molecule is CC#CCC(C)C(=O)N(C)[C@H](C)C(O)c1ccccc1. The van der Waals surface area contributed by atoms with Crippen molar-refractivity contribution in [2.24, 2.45) is 5.92 Å². The Morgan fingerprint density at radius 1 is 1.30 bits per heavy atom. The van der Waals surface area contributed by atoms with Gasteiger partial charge >= 0.3 is 0 Å². The van der Waals surface area contributed by atoms with Crippen LogP contribution in [0.15, 0.2) is 30.3 Å². The second-order valence-electron chi connectivity index (χ2n) is 5.08. The lowest BCUT2D eigenvalue weighted by molar-refractivity contribution is -0.137. The summed E-state index contributed by atoms with van der Waals surface area (Å²) >= 11 is 0. The van der Waals surface area contributed by atoms with E-state index in [0.29, 0.717) is 6.42 Å². The highest BCUT2D eigenvalue weighted by Crippen LogP contribution is 2.21. The highest BCUT2D eigenvalue weighted by atomic mass is 16.3. The number of nitrogens with zero attached hydrogens (tertiary/aromatic N) is 1. The van der Waals surface area contributed by atoms with Crippen molar-refractivity contribution in [1.29, 1.82) is 0 Å². The fraction of sp³-hybridized carbons (Fsp3) is 0.471. The quantitative estimate of drug-likeness (QED) is 0.838. The van der Waals surface area contributed by atoms with Crippen LogP contribution in [0.1, 0.15) is 38.9 Å². The van der Waals surface area contributed by atoms with E-state index in [1.807, 2.05) is 44.2 Å². The van der Waals surface area contributed by atoms with E-state index in [9.17, 15) is 9.90 Å². The summed E-state index contributed by atoms with van der Waals surface area (Å²) in [7, 11) is 1.73. The van der Waals surface area contributed by atoms with Gasteiger partial charge in [0.05, 0.1) is 12.1 Å². The van der Waals surface area contributed by atoms with Gasteiger partial charge in [-0.15, -0.1) is 11.8 Å². The normalized spacial score (nSPS) is 14.7. The molecule has 0 spiro atoms. The van der Waals surface area contributed by atoms with Gasteiger partial charge in [0.2, 0.25) is 5.91 Å². The van der Waals surface area contributed by atoms with Gasteiger partial charge in [-0.05, 0) is 19.4 Å². The molecule has 0 heterocycles. The number of benzene rings is 1. The summed E-state index contributed by atoms with van der Waals surface area (Å²) in [6.07, 6.45) is -0.136. The van der Waals surface area contributed by atoms with Crippen molar-refractivity contribution >= 4 is 5.91 Å². The molecule has 1 rings (SSSR count). The van der Waals surface area contributed by atoms with Crippen LogP contribution in [0.25, 0.3) is 0 Å². The Hall–Kier alpha value is -1.79. The maximum atomic E-state index is 12.3. The third kappa shape index (κ3) is 4.11. The summed E-state index contributed by atoms with van der Waals surface area (Å²) in [5.74, 6) is 5.58. The molecule has 3 nitrogen and oxygen atoms in total. The summed E-state index contributed by atoms with van der Waals surface area (Å²) < 4.78 is 0. The molecule has 0 bridgehead atoms. The van der Waals surface area contributed by atoms with Crippen LogP contribution in [-0.4, -0.2) is 29.0 Å². The zero-order valence-corrected chi connectivity index (χ0v) is 12.6. The molecular formula is C17H23NO2. The van der Waals surface area contributed by atoms with Crippen LogP contribution in [0.5, 0.6) is 0 Å². The topological polar surface area (TPSA) is 40.5 Å². The second-order valence-corrected chi connectivity index (χ2v) is 5.08. The number of aliphatic hydroxyl groups excluding tert-OH is 1. The molecule has 0 fully saturated rings. The number of amides is 1. The van der Waals surface area contributed by atoms with E-state index in [1.54, 1.807) is 18.9 Å². The van der Waals surface area contributed by atoms with Crippen molar-refractivity contribution in [3.8, 4) is 11.8 Å². The maximum absolute atomic E-state index is 12.3. The highest BCUT2D eigenvalue weighted by molar-refractivity contribution is 5.78. The number of rotatable bonds is 5. The van der Waals surface area contributed by atoms with E-state index < -0.39 is 6.10 Å². The van der Waals surface area contributed by atoms with Crippen LogP contribution >= 0.6 is 0 Å². The summed E-state index contributed by atoms with van der Waals surface area (Å²) in [6, 6.07) is 9.12. The Labute approximate surface area is 121 Å². The zero-order valence-electron chi connectivity index (χ0n) is 12.6. The third-order valence-electron chi connectivity index (χ3n) is 3.56. The third-order valence-corrected chi connectivity index (χ3v) is 3.56. The van der Waals surface area contributed by atoms with Crippen molar-refractivity contribution in [2.75, 3.05) is 7.05 Å². The van der Waals surface area contributed by atoms with Crippen molar-refractivity contribution < 1.29 is 9.90 Å². The van der Waals surface area contributed by atoms with Crippen molar-refractivity contribution in [3.63, 3.8) is 0 Å². The van der Waals surface area contributed by atoms with E-state index in [4.69, 9.17) is 0 Å².